The van der Waals surface area contributed by atoms with Crippen LogP contribution >= 0.6 is 22.9 Å². The molecule has 5 heteroatoms. The molecule has 0 saturated heterocycles. The lowest BCUT2D eigenvalue weighted by atomic mass is 10.2. The van der Waals surface area contributed by atoms with Crippen LogP contribution in [0.25, 0.3) is 0 Å². The molecule has 0 aliphatic rings. The fourth-order valence-electron chi connectivity index (χ4n) is 2.05. The van der Waals surface area contributed by atoms with Crippen molar-refractivity contribution in [3.8, 4) is 0 Å². The second-order valence-corrected chi connectivity index (χ2v) is 6.58. The zero-order valence-electron chi connectivity index (χ0n) is 12.1. The van der Waals surface area contributed by atoms with Gasteiger partial charge in [-0.15, -0.1) is 11.3 Å². The van der Waals surface area contributed by atoms with Crippen LogP contribution in [0.5, 0.6) is 0 Å². The minimum atomic E-state index is 0.287. The predicted molar refractivity (Wildman–Crippen MR) is 87.8 cm³/mol. The first kappa shape index (κ1) is 15.3. The number of aromatic nitrogens is 1. The summed E-state index contributed by atoms with van der Waals surface area (Å²) in [6, 6.07) is 8.50. The van der Waals surface area contributed by atoms with Crippen molar-refractivity contribution in [1.82, 2.24) is 10.3 Å². The molecule has 0 aliphatic heterocycles. The van der Waals surface area contributed by atoms with E-state index in [9.17, 15) is 0 Å². The Labute approximate surface area is 129 Å². The molecule has 1 atom stereocenters. The standard InChI is InChI=1S/C15H20ClN3S/c1-4-17-11(2)14-7-5-12(9-18-14)19(3)10-13-6-8-15(16)20-13/h5-9,11,17H,4,10H2,1-3H3. The summed E-state index contributed by atoms with van der Waals surface area (Å²) in [7, 11) is 2.07. The van der Waals surface area contributed by atoms with Gasteiger partial charge in [-0.05, 0) is 37.7 Å². The molecule has 2 aromatic rings. The fraction of sp³-hybridized carbons (Fsp3) is 0.400. The van der Waals surface area contributed by atoms with Crippen LogP contribution in [0, 0.1) is 0 Å². The Kier molecular flexibility index (Phi) is 5.40. The Morgan fingerprint density at radius 1 is 1.35 bits per heavy atom. The highest BCUT2D eigenvalue weighted by Gasteiger charge is 2.08. The first-order valence-electron chi connectivity index (χ1n) is 6.75. The van der Waals surface area contributed by atoms with Crippen LogP contribution in [0.15, 0.2) is 30.5 Å². The summed E-state index contributed by atoms with van der Waals surface area (Å²) < 4.78 is 0.835. The van der Waals surface area contributed by atoms with Crippen molar-refractivity contribution < 1.29 is 0 Å². The summed E-state index contributed by atoms with van der Waals surface area (Å²) >= 11 is 7.57. The molecule has 0 spiro atoms. The number of halogens is 1. The first-order valence-corrected chi connectivity index (χ1v) is 7.94. The largest absolute Gasteiger partial charge is 0.368 e. The number of rotatable bonds is 6. The van der Waals surface area contributed by atoms with Crippen LogP contribution in [-0.2, 0) is 6.54 Å². The highest BCUT2D eigenvalue weighted by molar-refractivity contribution is 7.16. The third kappa shape index (κ3) is 3.95. The van der Waals surface area contributed by atoms with Gasteiger partial charge < -0.3 is 10.2 Å². The molecule has 0 fully saturated rings. The van der Waals surface area contributed by atoms with Gasteiger partial charge in [0, 0.05) is 18.0 Å². The number of pyridine rings is 1. The summed E-state index contributed by atoms with van der Waals surface area (Å²) in [4.78, 5) is 7.97. The van der Waals surface area contributed by atoms with Crippen molar-refractivity contribution in [1.29, 1.82) is 0 Å². The van der Waals surface area contributed by atoms with Gasteiger partial charge in [-0.3, -0.25) is 4.98 Å². The second-order valence-electron chi connectivity index (χ2n) is 4.78. The summed E-state index contributed by atoms with van der Waals surface area (Å²) in [6.07, 6.45) is 1.93. The van der Waals surface area contributed by atoms with Crippen LogP contribution < -0.4 is 10.2 Å². The first-order chi connectivity index (χ1) is 9.60. The monoisotopic (exact) mass is 309 g/mol. The molecule has 2 aromatic heterocycles. The normalized spacial score (nSPS) is 12.4. The Bertz CT molecular complexity index is 538. The van der Waals surface area contributed by atoms with Crippen molar-refractivity contribution in [2.75, 3.05) is 18.5 Å². The van der Waals surface area contributed by atoms with Crippen molar-refractivity contribution in [3.63, 3.8) is 0 Å². The van der Waals surface area contributed by atoms with Crippen molar-refractivity contribution in [2.45, 2.75) is 26.4 Å². The molecule has 3 nitrogen and oxygen atoms in total. The second kappa shape index (κ2) is 7.07. The van der Waals surface area contributed by atoms with E-state index < -0.39 is 0 Å². The van der Waals surface area contributed by atoms with Crippen LogP contribution in [0.1, 0.15) is 30.5 Å². The Morgan fingerprint density at radius 2 is 2.15 bits per heavy atom. The smallest absolute Gasteiger partial charge is 0.0931 e. The van der Waals surface area contributed by atoms with Crippen LogP contribution in [-0.4, -0.2) is 18.6 Å². The Morgan fingerprint density at radius 3 is 2.70 bits per heavy atom. The van der Waals surface area contributed by atoms with Crippen LogP contribution in [0.3, 0.4) is 0 Å². The minimum Gasteiger partial charge on any atom is -0.368 e. The molecule has 0 saturated carbocycles. The summed E-state index contributed by atoms with van der Waals surface area (Å²) in [6.45, 7) is 6.03. The van der Waals surface area contributed by atoms with Crippen molar-refractivity contribution in [2.24, 2.45) is 0 Å². The van der Waals surface area contributed by atoms with Gasteiger partial charge in [-0.25, -0.2) is 0 Å². The molecule has 0 bridgehead atoms. The highest BCUT2D eigenvalue weighted by atomic mass is 35.5. The topological polar surface area (TPSA) is 28.2 Å². The molecular formula is C15H20ClN3S. The SMILES string of the molecule is CCNC(C)c1ccc(N(C)Cc2ccc(Cl)s2)cn1. The molecular weight excluding hydrogens is 290 g/mol. The number of hydrogen-bond donors (Lipinski definition) is 1. The van der Waals surface area contributed by atoms with Gasteiger partial charge in [-0.1, -0.05) is 18.5 Å². The lowest BCUT2D eigenvalue weighted by Gasteiger charge is -2.19. The van der Waals surface area contributed by atoms with E-state index in [2.05, 4.69) is 54.3 Å². The molecule has 1 N–H and O–H groups in total. The van der Waals surface area contributed by atoms with Gasteiger partial charge >= 0.3 is 0 Å². The van der Waals surface area contributed by atoms with Gasteiger partial charge in [0.2, 0.25) is 0 Å². The molecule has 0 amide bonds. The molecule has 20 heavy (non-hydrogen) atoms. The van der Waals surface area contributed by atoms with Gasteiger partial charge in [-0.2, -0.15) is 0 Å². The number of nitrogens with one attached hydrogen (secondary N) is 1. The zero-order chi connectivity index (χ0) is 14.5. The number of thiophene rings is 1. The number of nitrogens with zero attached hydrogens (tertiary/aromatic N) is 2. The highest BCUT2D eigenvalue weighted by Crippen LogP contribution is 2.24. The number of anilines is 1. The van der Waals surface area contributed by atoms with E-state index in [1.165, 1.54) is 4.88 Å². The maximum atomic E-state index is 5.96. The van der Waals surface area contributed by atoms with E-state index in [4.69, 9.17) is 11.6 Å². The van der Waals surface area contributed by atoms with Gasteiger partial charge in [0.05, 0.1) is 28.5 Å². The molecule has 1 unspecified atom stereocenters. The van der Waals surface area contributed by atoms with Gasteiger partial charge in [0.15, 0.2) is 0 Å². The van der Waals surface area contributed by atoms with E-state index in [-0.39, 0.29) is 6.04 Å². The molecule has 0 radical (unpaired) electrons. The minimum absolute atomic E-state index is 0.287. The van der Waals surface area contributed by atoms with E-state index in [1.807, 2.05) is 12.3 Å². The average Bonchev–Trinajstić information content (AvgIpc) is 2.84. The summed E-state index contributed by atoms with van der Waals surface area (Å²) in [5.41, 5.74) is 2.19. The third-order valence-corrected chi connectivity index (χ3v) is 4.40. The Balaban J connectivity index is 2.01. The summed E-state index contributed by atoms with van der Waals surface area (Å²) in [5, 5.41) is 3.36. The maximum Gasteiger partial charge on any atom is 0.0931 e. The summed E-state index contributed by atoms with van der Waals surface area (Å²) in [5.74, 6) is 0. The molecule has 108 valence electrons. The average molecular weight is 310 g/mol. The molecule has 2 heterocycles. The van der Waals surface area contributed by atoms with Crippen molar-refractivity contribution >= 4 is 28.6 Å². The lowest BCUT2D eigenvalue weighted by Crippen LogP contribution is -2.19. The van der Waals surface area contributed by atoms with Crippen LogP contribution in [0.2, 0.25) is 4.34 Å². The van der Waals surface area contributed by atoms with Crippen LogP contribution in [0.4, 0.5) is 5.69 Å². The fourth-order valence-corrected chi connectivity index (χ4v) is 3.19. The van der Waals surface area contributed by atoms with Gasteiger partial charge in [0.25, 0.3) is 0 Å². The predicted octanol–water partition coefficient (Wildman–Crippen LogP) is 4.10. The molecule has 2 rings (SSSR count). The third-order valence-electron chi connectivity index (χ3n) is 3.19. The van der Waals surface area contributed by atoms with E-state index in [1.54, 1.807) is 11.3 Å². The Hall–Kier alpha value is -1.10. The van der Waals surface area contributed by atoms with E-state index >= 15 is 0 Å². The van der Waals surface area contributed by atoms with Gasteiger partial charge in [0.1, 0.15) is 0 Å². The quantitative estimate of drug-likeness (QED) is 0.870. The maximum absolute atomic E-state index is 5.96. The van der Waals surface area contributed by atoms with E-state index in [0.717, 1.165) is 28.8 Å². The van der Waals surface area contributed by atoms with E-state index in [0.29, 0.717) is 0 Å². The number of hydrogen-bond acceptors (Lipinski definition) is 4. The zero-order valence-corrected chi connectivity index (χ0v) is 13.6. The lowest BCUT2D eigenvalue weighted by molar-refractivity contribution is 0.583. The molecule has 0 aromatic carbocycles. The molecule has 0 aliphatic carbocycles. The van der Waals surface area contributed by atoms with Crippen molar-refractivity contribution in [3.05, 3.63) is 45.4 Å².